The molecule has 7 nitrogen and oxygen atoms in total. The van der Waals surface area contributed by atoms with Gasteiger partial charge in [0.15, 0.2) is 0 Å². The largest absolute Gasteiger partial charge is 0.355 e. The Morgan fingerprint density at radius 3 is 2.96 bits per heavy atom. The van der Waals surface area contributed by atoms with Gasteiger partial charge in [-0.1, -0.05) is 18.2 Å². The molecule has 7 heteroatoms. The molecule has 1 saturated heterocycles. The van der Waals surface area contributed by atoms with Gasteiger partial charge in [-0.05, 0) is 23.8 Å². The number of likely N-dealkylation sites (tertiary alicyclic amines) is 1. The van der Waals surface area contributed by atoms with E-state index in [1.807, 2.05) is 36.4 Å². The predicted octanol–water partition coefficient (Wildman–Crippen LogP) is 1.67. The van der Waals surface area contributed by atoms with Gasteiger partial charge in [0.25, 0.3) is 0 Å². The Balaban J connectivity index is 1.27. The zero-order valence-corrected chi connectivity index (χ0v) is 14.9. The van der Waals surface area contributed by atoms with Crippen molar-refractivity contribution >= 4 is 22.8 Å². The van der Waals surface area contributed by atoms with E-state index in [9.17, 15) is 9.59 Å². The molecule has 0 saturated carbocycles. The van der Waals surface area contributed by atoms with Crippen molar-refractivity contribution in [2.24, 2.45) is 5.92 Å². The summed E-state index contributed by atoms with van der Waals surface area (Å²) in [5, 5.41) is 2.93. The third-order valence-corrected chi connectivity index (χ3v) is 4.78. The zero-order chi connectivity index (χ0) is 18.6. The predicted molar refractivity (Wildman–Crippen MR) is 101 cm³/mol. The highest BCUT2D eigenvalue weighted by atomic mass is 16.2. The van der Waals surface area contributed by atoms with E-state index in [0.29, 0.717) is 26.1 Å². The number of carbonyl (C=O) groups excluding carboxylic acids is 2. The molecule has 0 aliphatic carbocycles. The van der Waals surface area contributed by atoms with Crippen LogP contribution < -0.4 is 5.32 Å². The third kappa shape index (κ3) is 3.97. The number of amides is 2. The number of pyridine rings is 1. The Morgan fingerprint density at radius 2 is 2.15 bits per heavy atom. The minimum Gasteiger partial charge on any atom is -0.355 e. The van der Waals surface area contributed by atoms with Gasteiger partial charge in [-0.3, -0.25) is 14.6 Å². The monoisotopic (exact) mass is 363 g/mol. The molecule has 138 valence electrons. The van der Waals surface area contributed by atoms with E-state index in [4.69, 9.17) is 0 Å². The summed E-state index contributed by atoms with van der Waals surface area (Å²) in [6.45, 7) is 1.44. The maximum absolute atomic E-state index is 12.4. The van der Waals surface area contributed by atoms with Crippen LogP contribution >= 0.6 is 0 Å². The second-order valence-electron chi connectivity index (χ2n) is 6.78. The maximum Gasteiger partial charge on any atom is 0.225 e. The SMILES string of the molecule is O=C(NCCc1nc2ccccc2[nH]1)C1CC(=O)N(Cc2cccnc2)C1. The van der Waals surface area contributed by atoms with Crippen LogP contribution in [0, 0.1) is 5.92 Å². The standard InChI is InChI=1S/C20H21N5O2/c26-19-10-15(13-25(19)12-14-4-3-8-21-11-14)20(27)22-9-7-18-23-16-5-1-2-6-17(16)24-18/h1-6,8,11,15H,7,9-10,12-13H2,(H,22,27)(H,23,24). The smallest absolute Gasteiger partial charge is 0.225 e. The number of aromatic nitrogens is 3. The van der Waals surface area contributed by atoms with Gasteiger partial charge < -0.3 is 15.2 Å². The first-order valence-electron chi connectivity index (χ1n) is 9.07. The second kappa shape index (κ2) is 7.57. The van der Waals surface area contributed by atoms with Crippen LogP contribution in [0.15, 0.2) is 48.8 Å². The summed E-state index contributed by atoms with van der Waals surface area (Å²) in [7, 11) is 0. The summed E-state index contributed by atoms with van der Waals surface area (Å²) in [5.41, 5.74) is 2.88. The average molecular weight is 363 g/mol. The molecule has 0 spiro atoms. The summed E-state index contributed by atoms with van der Waals surface area (Å²) in [4.78, 5) is 38.2. The van der Waals surface area contributed by atoms with Crippen molar-refractivity contribution in [3.05, 3.63) is 60.2 Å². The van der Waals surface area contributed by atoms with Crippen molar-refractivity contribution in [1.82, 2.24) is 25.2 Å². The highest BCUT2D eigenvalue weighted by molar-refractivity contribution is 5.89. The highest BCUT2D eigenvalue weighted by Crippen LogP contribution is 2.20. The number of nitrogens with one attached hydrogen (secondary N) is 2. The summed E-state index contributed by atoms with van der Waals surface area (Å²) >= 11 is 0. The van der Waals surface area contributed by atoms with Gasteiger partial charge in [0.05, 0.1) is 17.0 Å². The lowest BCUT2D eigenvalue weighted by Crippen LogP contribution is -2.34. The van der Waals surface area contributed by atoms with E-state index in [1.54, 1.807) is 17.3 Å². The molecule has 3 aromatic rings. The molecule has 1 unspecified atom stereocenters. The van der Waals surface area contributed by atoms with Crippen LogP contribution in [0.3, 0.4) is 0 Å². The zero-order valence-electron chi connectivity index (χ0n) is 14.9. The van der Waals surface area contributed by atoms with Crippen LogP contribution in [0.1, 0.15) is 17.8 Å². The van der Waals surface area contributed by atoms with Gasteiger partial charge in [0.1, 0.15) is 5.82 Å². The molecule has 1 aliphatic rings. The van der Waals surface area contributed by atoms with Crippen molar-refractivity contribution in [2.75, 3.05) is 13.1 Å². The Bertz CT molecular complexity index is 920. The molecule has 1 aliphatic heterocycles. The second-order valence-corrected chi connectivity index (χ2v) is 6.78. The molecule has 2 N–H and O–H groups in total. The van der Waals surface area contributed by atoms with Crippen molar-refractivity contribution in [3.63, 3.8) is 0 Å². The molecule has 4 rings (SSSR count). The number of fused-ring (bicyclic) bond motifs is 1. The number of rotatable bonds is 6. The molecule has 0 bridgehead atoms. The van der Waals surface area contributed by atoms with E-state index in [0.717, 1.165) is 22.4 Å². The summed E-state index contributed by atoms with van der Waals surface area (Å²) in [5.74, 6) is 0.478. The molecule has 2 amide bonds. The quantitative estimate of drug-likeness (QED) is 0.697. The van der Waals surface area contributed by atoms with Crippen LogP contribution in [0.2, 0.25) is 0 Å². The van der Waals surface area contributed by atoms with Crippen LogP contribution in [-0.4, -0.2) is 44.8 Å². The maximum atomic E-state index is 12.4. The van der Waals surface area contributed by atoms with E-state index in [1.165, 1.54) is 0 Å². The van der Waals surface area contributed by atoms with Crippen molar-refractivity contribution in [2.45, 2.75) is 19.4 Å². The Kier molecular flexibility index (Phi) is 4.82. The fraction of sp³-hybridized carbons (Fsp3) is 0.300. The van der Waals surface area contributed by atoms with E-state index < -0.39 is 0 Å². The number of para-hydroxylation sites is 2. The van der Waals surface area contributed by atoms with E-state index in [-0.39, 0.29) is 24.2 Å². The van der Waals surface area contributed by atoms with Crippen LogP contribution in [0.25, 0.3) is 11.0 Å². The number of imidazole rings is 1. The molecule has 0 radical (unpaired) electrons. The molecule has 1 fully saturated rings. The van der Waals surface area contributed by atoms with E-state index >= 15 is 0 Å². The Morgan fingerprint density at radius 1 is 1.26 bits per heavy atom. The minimum atomic E-state index is -0.301. The minimum absolute atomic E-state index is 0.0105. The molecular formula is C20H21N5O2. The average Bonchev–Trinajstić information content (AvgIpc) is 3.26. The number of hydrogen-bond donors (Lipinski definition) is 2. The highest BCUT2D eigenvalue weighted by Gasteiger charge is 2.34. The van der Waals surface area contributed by atoms with E-state index in [2.05, 4.69) is 20.3 Å². The van der Waals surface area contributed by atoms with Crippen LogP contribution in [-0.2, 0) is 22.6 Å². The fourth-order valence-corrected chi connectivity index (χ4v) is 3.39. The summed E-state index contributed by atoms with van der Waals surface area (Å²) in [6.07, 6.45) is 4.33. The van der Waals surface area contributed by atoms with Gasteiger partial charge in [-0.15, -0.1) is 0 Å². The third-order valence-electron chi connectivity index (χ3n) is 4.78. The van der Waals surface area contributed by atoms with Gasteiger partial charge in [0.2, 0.25) is 11.8 Å². The molecular weight excluding hydrogens is 342 g/mol. The lowest BCUT2D eigenvalue weighted by molar-refractivity contribution is -0.129. The van der Waals surface area contributed by atoms with Crippen LogP contribution in [0.4, 0.5) is 0 Å². The number of carbonyl (C=O) groups is 2. The molecule has 1 atom stereocenters. The van der Waals surface area contributed by atoms with Gasteiger partial charge in [-0.25, -0.2) is 4.98 Å². The Hall–Kier alpha value is -3.22. The lowest BCUT2D eigenvalue weighted by Gasteiger charge is -2.16. The van der Waals surface area contributed by atoms with Crippen LogP contribution in [0.5, 0.6) is 0 Å². The topological polar surface area (TPSA) is 91.0 Å². The number of benzene rings is 1. The van der Waals surface area contributed by atoms with Crippen molar-refractivity contribution < 1.29 is 9.59 Å². The van der Waals surface area contributed by atoms with Gasteiger partial charge >= 0.3 is 0 Å². The van der Waals surface area contributed by atoms with Crippen molar-refractivity contribution in [3.8, 4) is 0 Å². The summed E-state index contributed by atoms with van der Waals surface area (Å²) in [6, 6.07) is 11.6. The van der Waals surface area contributed by atoms with Gasteiger partial charge in [0, 0.05) is 44.9 Å². The number of aromatic amines is 1. The Labute approximate surface area is 156 Å². The summed E-state index contributed by atoms with van der Waals surface area (Å²) < 4.78 is 0. The van der Waals surface area contributed by atoms with Crippen molar-refractivity contribution in [1.29, 1.82) is 0 Å². The number of H-pyrrole nitrogens is 1. The van der Waals surface area contributed by atoms with Gasteiger partial charge in [-0.2, -0.15) is 0 Å². The fourth-order valence-electron chi connectivity index (χ4n) is 3.39. The number of hydrogen-bond acceptors (Lipinski definition) is 4. The number of nitrogens with zero attached hydrogens (tertiary/aromatic N) is 3. The first-order chi connectivity index (χ1) is 13.2. The normalized spacial score (nSPS) is 16.8. The molecule has 27 heavy (non-hydrogen) atoms. The molecule has 1 aromatic carbocycles. The first kappa shape index (κ1) is 17.2. The molecule has 2 aromatic heterocycles. The molecule has 3 heterocycles. The first-order valence-corrected chi connectivity index (χ1v) is 9.07. The lowest BCUT2D eigenvalue weighted by atomic mass is 10.1.